The fourth-order valence-corrected chi connectivity index (χ4v) is 6.04. The van der Waals surface area contributed by atoms with E-state index in [1.807, 2.05) is 19.6 Å². The molecule has 0 unspecified atom stereocenters. The van der Waals surface area contributed by atoms with Crippen LogP contribution in [-0.2, 0) is 18.5 Å². The van der Waals surface area contributed by atoms with Crippen LogP contribution in [0.4, 0.5) is 0 Å². The number of carbonyl (C=O) groups excluding carboxylic acids is 1. The molecule has 0 bridgehead atoms. The topological polar surface area (TPSA) is 57.1 Å². The van der Waals surface area contributed by atoms with Gasteiger partial charge in [-0.05, 0) is 95.4 Å². The summed E-state index contributed by atoms with van der Waals surface area (Å²) in [5, 5.41) is 4.52. The van der Waals surface area contributed by atoms with Crippen LogP contribution in [-0.4, -0.2) is 41.0 Å². The molecule has 212 valence electrons. The summed E-state index contributed by atoms with van der Waals surface area (Å²) in [6, 6.07) is 0. The molecule has 0 aromatic heterocycles. The smallest absolute Gasteiger partial charge is 0.292 e. The molecule has 5 nitrogen and oxygen atoms in total. The molecule has 0 fully saturated rings. The first-order chi connectivity index (χ1) is 17.4. The van der Waals surface area contributed by atoms with E-state index < -0.39 is 16.6 Å². The molecule has 0 radical (unpaired) electrons. The Morgan fingerprint density at radius 3 is 2.32 bits per heavy atom. The molecule has 0 aromatic carbocycles. The molecule has 0 heterocycles. The van der Waals surface area contributed by atoms with Crippen LogP contribution >= 0.6 is 0 Å². The van der Waals surface area contributed by atoms with E-state index in [1.54, 1.807) is 0 Å². The van der Waals surface area contributed by atoms with Gasteiger partial charge in [0.05, 0.1) is 11.8 Å². The van der Waals surface area contributed by atoms with Crippen molar-refractivity contribution in [2.24, 2.45) is 5.16 Å². The summed E-state index contributed by atoms with van der Waals surface area (Å²) in [4.78, 5) is 17.6. The number of unbranched alkanes of at least 4 members (excludes halogenated alkanes) is 4. The molecule has 0 N–H and O–H groups in total. The maximum Gasteiger partial charge on any atom is 0.292 e. The quantitative estimate of drug-likeness (QED) is 0.0697. The number of nitrogens with zero attached hydrogens (tertiary/aromatic N) is 1. The largest absolute Gasteiger partial charge is 0.520 e. The molecule has 1 aliphatic carbocycles. The molecule has 1 aliphatic rings. The van der Waals surface area contributed by atoms with Crippen LogP contribution in [0.3, 0.4) is 0 Å². The van der Waals surface area contributed by atoms with Crippen LogP contribution in [0.25, 0.3) is 0 Å². The molecule has 1 atom stereocenters. The second kappa shape index (κ2) is 18.0. The van der Waals surface area contributed by atoms with Crippen molar-refractivity contribution in [2.45, 2.75) is 136 Å². The Morgan fingerprint density at radius 2 is 1.68 bits per heavy atom. The zero-order valence-electron chi connectivity index (χ0n) is 25.2. The number of oxime groups is 1. The number of allylic oxidation sites excluding steroid dienone is 5. The highest BCUT2D eigenvalue weighted by molar-refractivity contribution is 6.71. The van der Waals surface area contributed by atoms with E-state index in [1.165, 1.54) is 30.4 Å². The second-order valence-electron chi connectivity index (χ2n) is 12.0. The lowest BCUT2D eigenvalue weighted by Gasteiger charge is -2.24. The van der Waals surface area contributed by atoms with Gasteiger partial charge in [-0.3, -0.25) is 4.79 Å². The van der Waals surface area contributed by atoms with Crippen molar-refractivity contribution >= 4 is 28.3 Å². The Labute approximate surface area is 230 Å². The molecule has 0 spiro atoms. The van der Waals surface area contributed by atoms with Gasteiger partial charge in [-0.25, -0.2) is 0 Å². The average Bonchev–Trinajstić information content (AvgIpc) is 3.16. The SMILES string of the molecule is CCCCC[C@@H](/C=C/C1=C(C/C=C\CCCC(=O)O[Si](C)(C)C)C(=N/OCCCC)/CC1)O[Si](C)(C)C. The van der Waals surface area contributed by atoms with Crippen LogP contribution in [0.15, 0.2) is 40.6 Å². The van der Waals surface area contributed by atoms with Gasteiger partial charge in [0.25, 0.3) is 5.97 Å². The minimum absolute atomic E-state index is 0.0637. The van der Waals surface area contributed by atoms with E-state index in [-0.39, 0.29) is 12.1 Å². The van der Waals surface area contributed by atoms with E-state index in [0.29, 0.717) is 13.0 Å². The number of rotatable bonds is 19. The lowest BCUT2D eigenvalue weighted by atomic mass is 10.0. The van der Waals surface area contributed by atoms with Crippen LogP contribution < -0.4 is 0 Å². The number of carbonyl (C=O) groups is 1. The van der Waals surface area contributed by atoms with Gasteiger partial charge >= 0.3 is 0 Å². The summed E-state index contributed by atoms with van der Waals surface area (Å²) < 4.78 is 12.0. The molecule has 0 saturated carbocycles. The predicted octanol–water partition coefficient (Wildman–Crippen LogP) is 9.10. The van der Waals surface area contributed by atoms with Crippen LogP contribution in [0.1, 0.15) is 90.9 Å². The minimum Gasteiger partial charge on any atom is -0.520 e. The molecule has 0 amide bonds. The summed E-state index contributed by atoms with van der Waals surface area (Å²) in [5.74, 6) is -0.0637. The van der Waals surface area contributed by atoms with Crippen molar-refractivity contribution in [3.05, 3.63) is 35.5 Å². The highest BCUT2D eigenvalue weighted by Gasteiger charge is 2.22. The Balaban J connectivity index is 2.88. The van der Waals surface area contributed by atoms with Gasteiger partial charge in [-0.1, -0.05) is 69.0 Å². The average molecular weight is 550 g/mol. The van der Waals surface area contributed by atoms with Gasteiger partial charge < -0.3 is 13.7 Å². The molecule has 37 heavy (non-hydrogen) atoms. The van der Waals surface area contributed by atoms with Crippen molar-refractivity contribution in [1.82, 2.24) is 0 Å². The van der Waals surface area contributed by atoms with Gasteiger partial charge in [0, 0.05) is 6.42 Å². The van der Waals surface area contributed by atoms with Crippen molar-refractivity contribution in [3.63, 3.8) is 0 Å². The van der Waals surface area contributed by atoms with Gasteiger partial charge in [-0.15, -0.1) is 0 Å². The fraction of sp³-hybridized carbons (Fsp3) is 0.733. The lowest BCUT2D eigenvalue weighted by Crippen LogP contribution is -2.31. The summed E-state index contributed by atoms with van der Waals surface area (Å²) in [5.41, 5.74) is 3.70. The lowest BCUT2D eigenvalue weighted by molar-refractivity contribution is -0.135. The number of hydrogen-bond acceptors (Lipinski definition) is 5. The van der Waals surface area contributed by atoms with Crippen molar-refractivity contribution < 1.29 is 18.5 Å². The van der Waals surface area contributed by atoms with Gasteiger partial charge in [0.15, 0.2) is 8.32 Å². The highest BCUT2D eigenvalue weighted by Crippen LogP contribution is 2.29. The highest BCUT2D eigenvalue weighted by atomic mass is 28.4. The third-order valence-electron chi connectivity index (χ3n) is 5.90. The van der Waals surface area contributed by atoms with E-state index in [2.05, 4.69) is 62.9 Å². The monoisotopic (exact) mass is 549 g/mol. The first-order valence-corrected chi connectivity index (χ1v) is 21.4. The van der Waals surface area contributed by atoms with Crippen LogP contribution in [0, 0.1) is 0 Å². The van der Waals surface area contributed by atoms with Crippen LogP contribution in [0.5, 0.6) is 0 Å². The van der Waals surface area contributed by atoms with E-state index in [0.717, 1.165) is 57.1 Å². The minimum atomic E-state index is -1.80. The summed E-state index contributed by atoms with van der Waals surface area (Å²) in [7, 11) is -3.42. The van der Waals surface area contributed by atoms with Crippen LogP contribution in [0.2, 0.25) is 39.3 Å². The molecule has 0 saturated heterocycles. The standard InChI is InChI=1S/C30H55NO4Si2/c1-9-11-15-18-27(34-36(3,4)5)23-21-26-22-24-29(31-33-25-12-10-2)28(26)19-16-13-14-17-20-30(32)35-37(6,7)8/h13,16,21,23,27H,9-12,14-15,17-20,22,24-25H2,1-8H3/b16-13-,23-21+,31-29+/t27-/m0/s1. The second-order valence-corrected chi connectivity index (χ2v) is 20.9. The summed E-state index contributed by atoms with van der Waals surface area (Å²) in [6.07, 6.45) is 21.0. The van der Waals surface area contributed by atoms with E-state index >= 15 is 0 Å². The predicted molar refractivity (Wildman–Crippen MR) is 163 cm³/mol. The maximum atomic E-state index is 12.0. The summed E-state index contributed by atoms with van der Waals surface area (Å²) in [6.45, 7) is 18.0. The summed E-state index contributed by atoms with van der Waals surface area (Å²) >= 11 is 0. The zero-order chi connectivity index (χ0) is 27.7. The van der Waals surface area contributed by atoms with E-state index in [4.69, 9.17) is 13.7 Å². The Bertz CT molecular complexity index is 788. The molecule has 0 aromatic rings. The Kier molecular flexibility index (Phi) is 16.3. The molecule has 7 heteroatoms. The fourth-order valence-electron chi connectivity index (χ4n) is 4.15. The molecule has 0 aliphatic heterocycles. The first kappa shape index (κ1) is 33.6. The van der Waals surface area contributed by atoms with Gasteiger partial charge in [0.1, 0.15) is 6.61 Å². The maximum absolute atomic E-state index is 12.0. The molecular formula is C30H55NO4Si2. The Hall–Kier alpha value is -1.45. The van der Waals surface area contributed by atoms with Gasteiger partial charge in [-0.2, -0.15) is 0 Å². The normalized spacial score (nSPS) is 16.9. The third kappa shape index (κ3) is 16.9. The van der Waals surface area contributed by atoms with E-state index in [9.17, 15) is 4.79 Å². The molecule has 1 rings (SSSR count). The van der Waals surface area contributed by atoms with Crippen molar-refractivity contribution in [2.75, 3.05) is 6.61 Å². The number of hydrogen-bond donors (Lipinski definition) is 0. The van der Waals surface area contributed by atoms with Crippen molar-refractivity contribution in [1.29, 1.82) is 0 Å². The zero-order valence-corrected chi connectivity index (χ0v) is 27.2. The molecular weight excluding hydrogens is 495 g/mol. The Morgan fingerprint density at radius 1 is 0.946 bits per heavy atom. The van der Waals surface area contributed by atoms with Gasteiger partial charge in [0.2, 0.25) is 8.32 Å². The third-order valence-corrected chi connectivity index (χ3v) is 7.75. The van der Waals surface area contributed by atoms with Crippen molar-refractivity contribution in [3.8, 4) is 0 Å². The first-order valence-electron chi connectivity index (χ1n) is 14.6.